The Morgan fingerprint density at radius 2 is 2.36 bits per heavy atom. The lowest BCUT2D eigenvalue weighted by Crippen LogP contribution is -2.42. The Balaban J connectivity index is 2.21. The van der Waals surface area contributed by atoms with Crippen molar-refractivity contribution in [1.82, 2.24) is 10.6 Å². The van der Waals surface area contributed by atoms with E-state index in [9.17, 15) is 0 Å². The van der Waals surface area contributed by atoms with E-state index in [0.29, 0.717) is 0 Å². The molecular formula is C9H20N2. The van der Waals surface area contributed by atoms with Gasteiger partial charge < -0.3 is 10.6 Å². The van der Waals surface area contributed by atoms with E-state index in [2.05, 4.69) is 17.6 Å². The van der Waals surface area contributed by atoms with Gasteiger partial charge in [-0.05, 0) is 38.9 Å². The summed E-state index contributed by atoms with van der Waals surface area (Å²) in [5.41, 5.74) is 0. The van der Waals surface area contributed by atoms with E-state index in [0.717, 1.165) is 18.5 Å². The van der Waals surface area contributed by atoms with Crippen molar-refractivity contribution in [2.75, 3.05) is 20.1 Å². The Kier molecular flexibility index (Phi) is 3.87. The first kappa shape index (κ1) is 9.01. The average molecular weight is 156 g/mol. The van der Waals surface area contributed by atoms with Crippen LogP contribution in [0.15, 0.2) is 0 Å². The van der Waals surface area contributed by atoms with Gasteiger partial charge in [0.1, 0.15) is 0 Å². The second kappa shape index (κ2) is 4.73. The van der Waals surface area contributed by atoms with Gasteiger partial charge in [0.2, 0.25) is 0 Å². The third kappa shape index (κ3) is 2.80. The van der Waals surface area contributed by atoms with Crippen molar-refractivity contribution in [2.24, 2.45) is 5.92 Å². The second-order valence-corrected chi connectivity index (χ2v) is 3.59. The van der Waals surface area contributed by atoms with Gasteiger partial charge in [0.15, 0.2) is 0 Å². The molecule has 0 aromatic rings. The summed E-state index contributed by atoms with van der Waals surface area (Å²) in [6, 6.07) is 0.760. The molecule has 66 valence electrons. The van der Waals surface area contributed by atoms with Crippen LogP contribution in [0.5, 0.6) is 0 Å². The quantitative estimate of drug-likeness (QED) is 0.636. The van der Waals surface area contributed by atoms with Gasteiger partial charge in [0.05, 0.1) is 0 Å². The van der Waals surface area contributed by atoms with Gasteiger partial charge in [0.25, 0.3) is 0 Å². The van der Waals surface area contributed by atoms with Crippen molar-refractivity contribution < 1.29 is 0 Å². The fourth-order valence-corrected chi connectivity index (χ4v) is 1.83. The summed E-state index contributed by atoms with van der Waals surface area (Å²) in [5.74, 6) is 0.778. The summed E-state index contributed by atoms with van der Waals surface area (Å²) >= 11 is 0. The van der Waals surface area contributed by atoms with Crippen LogP contribution in [0.2, 0.25) is 0 Å². The summed E-state index contributed by atoms with van der Waals surface area (Å²) in [5, 5.41) is 6.79. The molecule has 1 rings (SSSR count). The van der Waals surface area contributed by atoms with E-state index in [1.165, 1.54) is 25.8 Å². The van der Waals surface area contributed by atoms with E-state index in [1.54, 1.807) is 0 Å². The lowest BCUT2D eigenvalue weighted by molar-refractivity contribution is 0.306. The molecule has 0 aliphatic carbocycles. The molecule has 1 aliphatic rings. The second-order valence-electron chi connectivity index (χ2n) is 3.59. The summed E-state index contributed by atoms with van der Waals surface area (Å²) in [6.07, 6.45) is 4.14. The molecule has 1 heterocycles. The smallest absolute Gasteiger partial charge is 0.0105 e. The van der Waals surface area contributed by atoms with Gasteiger partial charge in [-0.1, -0.05) is 13.3 Å². The molecule has 0 spiro atoms. The molecule has 0 unspecified atom stereocenters. The summed E-state index contributed by atoms with van der Waals surface area (Å²) < 4.78 is 0. The van der Waals surface area contributed by atoms with Crippen molar-refractivity contribution in [3.05, 3.63) is 0 Å². The molecule has 0 saturated carbocycles. The lowest BCUT2D eigenvalue weighted by Gasteiger charge is -2.28. The Labute approximate surface area is 69.8 Å². The zero-order chi connectivity index (χ0) is 8.10. The molecule has 0 aromatic carbocycles. The number of hydrogen-bond acceptors (Lipinski definition) is 2. The Morgan fingerprint density at radius 1 is 1.55 bits per heavy atom. The predicted octanol–water partition coefficient (Wildman–Crippen LogP) is 0.984. The van der Waals surface area contributed by atoms with Crippen LogP contribution in [0.1, 0.15) is 26.2 Å². The van der Waals surface area contributed by atoms with Crippen LogP contribution in [0, 0.1) is 5.92 Å². The van der Waals surface area contributed by atoms with Gasteiger partial charge in [-0.2, -0.15) is 0 Å². The summed E-state index contributed by atoms with van der Waals surface area (Å²) in [6.45, 7) is 4.68. The maximum atomic E-state index is 3.56. The van der Waals surface area contributed by atoms with Crippen molar-refractivity contribution in [1.29, 1.82) is 0 Å². The fraction of sp³-hybridized carbons (Fsp3) is 1.00. The molecule has 0 amide bonds. The molecule has 2 heteroatoms. The monoisotopic (exact) mass is 156 g/mol. The number of rotatable bonds is 3. The van der Waals surface area contributed by atoms with Gasteiger partial charge in [-0.3, -0.25) is 0 Å². The Hall–Kier alpha value is -0.0800. The third-order valence-electron chi connectivity index (χ3n) is 2.56. The normalized spacial score (nSPS) is 28.4. The highest BCUT2D eigenvalue weighted by Crippen LogP contribution is 2.13. The molecule has 2 N–H and O–H groups in total. The standard InChI is InChI=1S/C9H20N2/c1-8(7-10-2)9-5-3-4-6-11-9/h8-11H,3-7H2,1-2H3/t8-,9+/m0/s1. The predicted molar refractivity (Wildman–Crippen MR) is 48.7 cm³/mol. The van der Waals surface area contributed by atoms with Crippen molar-refractivity contribution in [2.45, 2.75) is 32.2 Å². The summed E-state index contributed by atoms with van der Waals surface area (Å²) in [4.78, 5) is 0. The van der Waals surface area contributed by atoms with Crippen LogP contribution in [-0.2, 0) is 0 Å². The number of nitrogens with one attached hydrogen (secondary N) is 2. The van der Waals surface area contributed by atoms with Crippen molar-refractivity contribution >= 4 is 0 Å². The highest BCUT2D eigenvalue weighted by Gasteiger charge is 2.17. The minimum atomic E-state index is 0.760. The first-order valence-electron chi connectivity index (χ1n) is 4.72. The van der Waals surface area contributed by atoms with Crippen LogP contribution in [0.25, 0.3) is 0 Å². The van der Waals surface area contributed by atoms with Gasteiger partial charge in [-0.15, -0.1) is 0 Å². The number of hydrogen-bond donors (Lipinski definition) is 2. The topological polar surface area (TPSA) is 24.1 Å². The first-order chi connectivity index (χ1) is 5.34. The van der Waals surface area contributed by atoms with E-state index in [-0.39, 0.29) is 0 Å². The molecular weight excluding hydrogens is 136 g/mol. The highest BCUT2D eigenvalue weighted by molar-refractivity contribution is 4.77. The molecule has 2 nitrogen and oxygen atoms in total. The Bertz CT molecular complexity index is 97.7. The highest BCUT2D eigenvalue weighted by atomic mass is 14.9. The fourth-order valence-electron chi connectivity index (χ4n) is 1.83. The Morgan fingerprint density at radius 3 is 2.91 bits per heavy atom. The van der Waals surface area contributed by atoms with Crippen LogP contribution in [0.3, 0.4) is 0 Å². The third-order valence-corrected chi connectivity index (χ3v) is 2.56. The van der Waals surface area contributed by atoms with Gasteiger partial charge >= 0.3 is 0 Å². The van der Waals surface area contributed by atoms with E-state index < -0.39 is 0 Å². The first-order valence-corrected chi connectivity index (χ1v) is 4.72. The number of piperidine rings is 1. The maximum Gasteiger partial charge on any atom is 0.0105 e. The SMILES string of the molecule is CNC[C@H](C)[C@H]1CCCCN1. The average Bonchev–Trinajstić information content (AvgIpc) is 2.07. The molecule has 1 fully saturated rings. The molecule has 0 radical (unpaired) electrons. The van der Waals surface area contributed by atoms with E-state index in [4.69, 9.17) is 0 Å². The van der Waals surface area contributed by atoms with Crippen LogP contribution >= 0.6 is 0 Å². The molecule has 1 aliphatic heterocycles. The van der Waals surface area contributed by atoms with Gasteiger partial charge in [0, 0.05) is 6.04 Å². The summed E-state index contributed by atoms with van der Waals surface area (Å²) in [7, 11) is 2.03. The molecule has 0 aromatic heterocycles. The molecule has 11 heavy (non-hydrogen) atoms. The lowest BCUT2D eigenvalue weighted by atomic mass is 9.94. The zero-order valence-corrected chi connectivity index (χ0v) is 7.69. The van der Waals surface area contributed by atoms with Crippen LogP contribution < -0.4 is 10.6 Å². The minimum Gasteiger partial charge on any atom is -0.319 e. The van der Waals surface area contributed by atoms with E-state index in [1.807, 2.05) is 7.05 Å². The molecule has 1 saturated heterocycles. The zero-order valence-electron chi connectivity index (χ0n) is 7.69. The molecule has 2 atom stereocenters. The van der Waals surface area contributed by atoms with Gasteiger partial charge in [-0.25, -0.2) is 0 Å². The van der Waals surface area contributed by atoms with Crippen molar-refractivity contribution in [3.8, 4) is 0 Å². The van der Waals surface area contributed by atoms with Crippen LogP contribution in [-0.4, -0.2) is 26.2 Å². The largest absolute Gasteiger partial charge is 0.319 e. The van der Waals surface area contributed by atoms with Crippen LogP contribution in [0.4, 0.5) is 0 Å². The minimum absolute atomic E-state index is 0.760. The van der Waals surface area contributed by atoms with Crippen molar-refractivity contribution in [3.63, 3.8) is 0 Å². The molecule has 0 bridgehead atoms. The van der Waals surface area contributed by atoms with E-state index >= 15 is 0 Å². The maximum absolute atomic E-state index is 3.56.